The number of unbranched alkanes of at least 4 members (excludes halogenated alkanes) is 16. The molecule has 2 atom stereocenters. The number of ether oxygens (including phenoxy) is 1. The summed E-state index contributed by atoms with van der Waals surface area (Å²) >= 11 is 0. The number of carbonyl (C=O) groups excluding carboxylic acids is 1. The Bertz CT molecular complexity index is 505. The van der Waals surface area contributed by atoms with E-state index in [1.807, 2.05) is 6.92 Å². The Morgan fingerprint density at radius 2 is 1.22 bits per heavy atom. The summed E-state index contributed by atoms with van der Waals surface area (Å²) in [5.41, 5.74) is 0. The molecular formula is C29H62N2O5P+. The second-order valence-corrected chi connectivity index (χ2v) is 12.4. The van der Waals surface area contributed by atoms with Crippen LogP contribution in [0.2, 0.25) is 0 Å². The molecule has 0 saturated heterocycles. The number of rotatable bonds is 27. The van der Waals surface area contributed by atoms with E-state index in [1.165, 1.54) is 96.3 Å². The molecule has 1 amide bonds. The summed E-state index contributed by atoms with van der Waals surface area (Å²) in [6.07, 6.45) is 22.7. The maximum absolute atomic E-state index is 11.9. The molecule has 0 aromatic rings. The molecule has 0 aromatic heterocycles. The van der Waals surface area contributed by atoms with Gasteiger partial charge in [-0.05, 0) is 19.8 Å². The van der Waals surface area contributed by atoms with Crippen LogP contribution < -0.4 is 5.32 Å². The third-order valence-electron chi connectivity index (χ3n) is 6.56. The Hall–Kier alpha value is -0.460. The third kappa shape index (κ3) is 28.4. The van der Waals surface area contributed by atoms with Gasteiger partial charge in [-0.2, -0.15) is 0 Å². The zero-order chi connectivity index (χ0) is 27.6. The lowest BCUT2D eigenvalue weighted by Gasteiger charge is -2.24. The number of amides is 1. The van der Waals surface area contributed by atoms with E-state index in [2.05, 4.69) is 33.4 Å². The van der Waals surface area contributed by atoms with Gasteiger partial charge in [-0.15, -0.1) is 0 Å². The Morgan fingerprint density at radius 1 is 0.757 bits per heavy atom. The van der Waals surface area contributed by atoms with Crippen molar-refractivity contribution in [2.75, 3.05) is 47.4 Å². The van der Waals surface area contributed by atoms with E-state index in [-0.39, 0.29) is 12.7 Å². The first-order valence-electron chi connectivity index (χ1n) is 15.3. The summed E-state index contributed by atoms with van der Waals surface area (Å²) in [4.78, 5) is 21.9. The molecule has 0 aliphatic rings. The van der Waals surface area contributed by atoms with Crippen molar-refractivity contribution < 1.29 is 28.0 Å². The monoisotopic (exact) mass is 549 g/mol. The third-order valence-corrected chi connectivity index (χ3v) is 7.33. The molecule has 2 unspecified atom stereocenters. The number of carbonyl (C=O) groups is 1. The molecule has 0 radical (unpaired) electrons. The first kappa shape index (κ1) is 36.5. The van der Waals surface area contributed by atoms with E-state index in [1.54, 1.807) is 0 Å². The molecular weight excluding hydrogens is 487 g/mol. The number of quaternary nitrogens is 1. The van der Waals surface area contributed by atoms with Crippen molar-refractivity contribution in [3.8, 4) is 0 Å². The van der Waals surface area contributed by atoms with Crippen molar-refractivity contribution >= 4 is 14.7 Å². The standard InChI is InChI=1S/C29H61N2O5P/c1-6-8-9-10-11-12-13-14-15-16-17-18-19-20-21-22-23-24-28(36-29(32)30-7-2)27-35-37(33)34-26-25-31(3,4)5/h28,33H,6-27H2,1-5H3/p+1. The molecule has 0 rings (SSSR count). The summed E-state index contributed by atoms with van der Waals surface area (Å²) in [5.74, 6) is 0. The fourth-order valence-corrected chi connectivity index (χ4v) is 4.79. The lowest BCUT2D eigenvalue weighted by molar-refractivity contribution is -0.870. The molecule has 2 N–H and O–H groups in total. The first-order chi connectivity index (χ1) is 17.8. The molecule has 0 fully saturated rings. The molecule has 0 spiro atoms. The topological polar surface area (TPSA) is 77.0 Å². The van der Waals surface area contributed by atoms with Gasteiger partial charge in [0.15, 0.2) is 0 Å². The quantitative estimate of drug-likeness (QED) is 0.0615. The van der Waals surface area contributed by atoms with E-state index >= 15 is 0 Å². The van der Waals surface area contributed by atoms with Crippen LogP contribution in [-0.4, -0.2) is 69.0 Å². The molecule has 0 bridgehead atoms. The van der Waals surface area contributed by atoms with Gasteiger partial charge in [-0.25, -0.2) is 4.79 Å². The average Bonchev–Trinajstić information content (AvgIpc) is 2.83. The fourth-order valence-electron chi connectivity index (χ4n) is 4.19. The van der Waals surface area contributed by atoms with E-state index in [0.29, 0.717) is 13.2 Å². The normalized spacial score (nSPS) is 13.5. The number of nitrogens with one attached hydrogen (secondary N) is 1. The van der Waals surface area contributed by atoms with Crippen LogP contribution in [0.25, 0.3) is 0 Å². The highest BCUT2D eigenvalue weighted by atomic mass is 31.2. The summed E-state index contributed by atoms with van der Waals surface area (Å²) in [5, 5.41) is 2.67. The SMILES string of the molecule is CCCCCCCCCCCCCCCCCCCC(COP(O)OCC[N+](C)(C)C)OC(=O)NCC. The minimum atomic E-state index is -1.96. The maximum atomic E-state index is 11.9. The molecule has 8 heteroatoms. The van der Waals surface area contributed by atoms with E-state index in [4.69, 9.17) is 13.8 Å². The molecule has 0 saturated carbocycles. The summed E-state index contributed by atoms with van der Waals surface area (Å²) in [7, 11) is 4.24. The fraction of sp³-hybridized carbons (Fsp3) is 0.966. The Morgan fingerprint density at radius 3 is 1.65 bits per heavy atom. The number of hydrogen-bond donors (Lipinski definition) is 2. The second-order valence-electron chi connectivity index (χ2n) is 11.4. The Labute approximate surface area is 231 Å². The molecule has 0 heterocycles. The van der Waals surface area contributed by atoms with Gasteiger partial charge in [0.25, 0.3) is 0 Å². The van der Waals surface area contributed by atoms with E-state index < -0.39 is 14.7 Å². The van der Waals surface area contributed by atoms with Crippen LogP contribution in [-0.2, 0) is 13.8 Å². The van der Waals surface area contributed by atoms with Gasteiger partial charge in [0.05, 0.1) is 27.7 Å². The predicted molar refractivity (Wildman–Crippen MR) is 157 cm³/mol. The first-order valence-corrected chi connectivity index (χ1v) is 16.4. The van der Waals surface area contributed by atoms with Gasteiger partial charge in [0, 0.05) is 6.54 Å². The highest BCUT2D eigenvalue weighted by molar-refractivity contribution is 7.40. The zero-order valence-corrected chi connectivity index (χ0v) is 26.0. The van der Waals surface area contributed by atoms with Gasteiger partial charge in [0.2, 0.25) is 0 Å². The average molecular weight is 550 g/mol. The van der Waals surface area contributed by atoms with Gasteiger partial charge in [-0.3, -0.25) is 0 Å². The van der Waals surface area contributed by atoms with Crippen molar-refractivity contribution in [3.05, 3.63) is 0 Å². The van der Waals surface area contributed by atoms with Gasteiger partial charge < -0.3 is 28.5 Å². The molecule has 222 valence electrons. The van der Waals surface area contributed by atoms with Crippen molar-refractivity contribution in [1.82, 2.24) is 5.32 Å². The van der Waals surface area contributed by atoms with Crippen LogP contribution in [0.15, 0.2) is 0 Å². The minimum absolute atomic E-state index is 0.155. The smallest absolute Gasteiger partial charge is 0.407 e. The highest BCUT2D eigenvalue weighted by Gasteiger charge is 2.18. The van der Waals surface area contributed by atoms with Gasteiger partial charge in [-0.1, -0.05) is 110 Å². The van der Waals surface area contributed by atoms with E-state index in [0.717, 1.165) is 30.3 Å². The van der Waals surface area contributed by atoms with Crippen LogP contribution in [0, 0.1) is 0 Å². The summed E-state index contributed by atoms with van der Waals surface area (Å²) < 4.78 is 17.1. The van der Waals surface area contributed by atoms with E-state index in [9.17, 15) is 9.69 Å². The predicted octanol–water partition coefficient (Wildman–Crippen LogP) is 8.10. The Kier molecular flexibility index (Phi) is 25.5. The largest absolute Gasteiger partial charge is 0.444 e. The molecule has 0 aromatic carbocycles. The van der Waals surface area contributed by atoms with Crippen LogP contribution >= 0.6 is 8.60 Å². The number of alkyl carbamates (subject to hydrolysis) is 1. The van der Waals surface area contributed by atoms with Crippen molar-refractivity contribution in [2.24, 2.45) is 0 Å². The number of likely N-dealkylation sites (N-methyl/N-ethyl adjacent to an activating group) is 1. The van der Waals surface area contributed by atoms with Crippen LogP contribution in [0.3, 0.4) is 0 Å². The maximum Gasteiger partial charge on any atom is 0.407 e. The minimum Gasteiger partial charge on any atom is -0.444 e. The van der Waals surface area contributed by atoms with Crippen molar-refractivity contribution in [2.45, 2.75) is 136 Å². The Balaban J connectivity index is 3.79. The van der Waals surface area contributed by atoms with Crippen molar-refractivity contribution in [3.63, 3.8) is 0 Å². The number of nitrogens with zero attached hydrogens (tertiary/aromatic N) is 1. The van der Waals surface area contributed by atoms with Crippen LogP contribution in [0.4, 0.5) is 4.79 Å². The zero-order valence-electron chi connectivity index (χ0n) is 25.1. The van der Waals surface area contributed by atoms with Crippen LogP contribution in [0.1, 0.15) is 129 Å². The lowest BCUT2D eigenvalue weighted by atomic mass is 10.0. The molecule has 37 heavy (non-hydrogen) atoms. The molecule has 7 nitrogen and oxygen atoms in total. The van der Waals surface area contributed by atoms with Crippen LogP contribution in [0.5, 0.6) is 0 Å². The van der Waals surface area contributed by atoms with Gasteiger partial charge in [0.1, 0.15) is 19.3 Å². The summed E-state index contributed by atoms with van der Waals surface area (Å²) in [6.45, 7) is 6.02. The molecule has 0 aliphatic carbocycles. The molecule has 0 aliphatic heterocycles. The summed E-state index contributed by atoms with van der Waals surface area (Å²) in [6, 6.07) is 0. The second kappa shape index (κ2) is 25.8. The van der Waals surface area contributed by atoms with Crippen molar-refractivity contribution in [1.29, 1.82) is 0 Å². The van der Waals surface area contributed by atoms with Gasteiger partial charge >= 0.3 is 14.7 Å². The lowest BCUT2D eigenvalue weighted by Crippen LogP contribution is -2.37. The number of hydrogen-bond acceptors (Lipinski definition) is 5. The highest BCUT2D eigenvalue weighted by Crippen LogP contribution is 2.33.